The number of nitrogens with one attached hydrogen (secondary N) is 1. The van der Waals surface area contributed by atoms with E-state index in [-0.39, 0.29) is 31.1 Å². The number of hydrogen-bond donors (Lipinski definition) is 4. The molecule has 0 bridgehead atoms. The minimum atomic E-state index is -0.747. The van der Waals surface area contributed by atoms with Gasteiger partial charge in [-0.05, 0) is 64.4 Å². The average Bonchev–Trinajstić information content (AvgIpc) is 3.13. The van der Waals surface area contributed by atoms with Crippen LogP contribution in [0.25, 0.3) is 0 Å². The quantitative estimate of drug-likeness (QED) is 0.161. The predicted molar refractivity (Wildman–Crippen MR) is 149 cm³/mol. The van der Waals surface area contributed by atoms with Crippen LogP contribution in [0, 0.1) is 6.92 Å². The number of β-amino-alcohol motifs (C(OH)–C–C–N with tert-alkyl or cyclic N) is 1. The molecule has 2 aromatic carbocycles. The molecule has 1 aliphatic rings. The molecule has 8 nitrogen and oxygen atoms in total. The third-order valence-electron chi connectivity index (χ3n) is 6.24. The number of rotatable bonds is 12. The third-order valence-corrected chi connectivity index (χ3v) is 7.46. The molecule has 0 aromatic heterocycles. The minimum Gasteiger partial charge on any atom is -0.491 e. The van der Waals surface area contributed by atoms with E-state index < -0.39 is 12.2 Å². The summed E-state index contributed by atoms with van der Waals surface area (Å²) in [6.45, 7) is 6.77. The van der Waals surface area contributed by atoms with Crippen molar-refractivity contribution >= 4 is 34.2 Å². The molecular weight excluding hydrogens is 597 g/mol. The van der Waals surface area contributed by atoms with E-state index in [1.807, 2.05) is 50.4 Å². The normalized spacial score (nSPS) is 16.2. The third kappa shape index (κ3) is 6.96. The lowest BCUT2D eigenvalue weighted by Crippen LogP contribution is -2.45. The monoisotopic (exact) mass is 631 g/mol. The molecule has 0 spiro atoms. The second kappa shape index (κ2) is 12.7. The molecule has 0 radical (unpaired) electrons. The maximum absolute atomic E-state index is 10.5. The molecule has 1 aliphatic heterocycles. The van der Waals surface area contributed by atoms with Crippen molar-refractivity contribution in [2.75, 3.05) is 39.3 Å². The Hall–Kier alpha value is -1.76. The Morgan fingerprint density at radius 2 is 1.67 bits per heavy atom. The number of ether oxygens (including phenoxy) is 2. The molecule has 1 heterocycles. The summed E-state index contributed by atoms with van der Waals surface area (Å²) >= 11 is 7.76. The van der Waals surface area contributed by atoms with E-state index in [0.29, 0.717) is 18.0 Å². The summed E-state index contributed by atoms with van der Waals surface area (Å²) in [5.41, 5.74) is 6.80. The first-order valence-corrected chi connectivity index (χ1v) is 13.3. The first-order chi connectivity index (χ1) is 17.1. The van der Waals surface area contributed by atoms with Crippen molar-refractivity contribution in [3.05, 3.63) is 68.6 Å². The van der Waals surface area contributed by atoms with Crippen molar-refractivity contribution in [2.45, 2.75) is 38.4 Å². The zero-order valence-corrected chi connectivity index (χ0v) is 24.0. The summed E-state index contributed by atoms with van der Waals surface area (Å²) in [5.74, 6) is 1.54. The van der Waals surface area contributed by atoms with Crippen LogP contribution in [0.2, 0.25) is 0 Å². The van der Waals surface area contributed by atoms with Gasteiger partial charge in [-0.2, -0.15) is 0 Å². The SMILES string of the molecule is Cc1cc(C(C)(C)c2ccc(OC[C@H](O)CN3C(CO)=C(I)NN3C)cc2)ccc1OC[C@H](O)CCl. The van der Waals surface area contributed by atoms with Gasteiger partial charge in [-0.25, -0.2) is 0 Å². The van der Waals surface area contributed by atoms with Gasteiger partial charge in [-0.3, -0.25) is 10.4 Å². The molecule has 36 heavy (non-hydrogen) atoms. The number of alkyl halides is 1. The second-order valence-corrected chi connectivity index (χ2v) is 10.7. The number of aryl methyl sites for hydroxylation is 1. The number of aliphatic hydroxyl groups excluding tert-OH is 3. The molecule has 0 amide bonds. The number of aliphatic hydroxyl groups is 3. The highest BCUT2D eigenvalue weighted by atomic mass is 127. The van der Waals surface area contributed by atoms with Crippen LogP contribution in [0.3, 0.4) is 0 Å². The Morgan fingerprint density at radius 3 is 2.28 bits per heavy atom. The summed E-state index contributed by atoms with van der Waals surface area (Å²) in [6, 6.07) is 14.0. The van der Waals surface area contributed by atoms with E-state index in [9.17, 15) is 15.3 Å². The van der Waals surface area contributed by atoms with Crippen molar-refractivity contribution in [1.29, 1.82) is 0 Å². The molecule has 3 rings (SSSR count). The average molecular weight is 632 g/mol. The van der Waals surface area contributed by atoms with Gasteiger partial charge in [0.15, 0.2) is 0 Å². The van der Waals surface area contributed by atoms with Gasteiger partial charge in [0, 0.05) is 12.5 Å². The van der Waals surface area contributed by atoms with E-state index in [2.05, 4.69) is 47.9 Å². The van der Waals surface area contributed by atoms with E-state index in [0.717, 1.165) is 26.1 Å². The molecule has 0 saturated heterocycles. The highest BCUT2D eigenvalue weighted by molar-refractivity contribution is 14.1. The lowest BCUT2D eigenvalue weighted by Gasteiger charge is -2.29. The van der Waals surface area contributed by atoms with Crippen molar-refractivity contribution < 1.29 is 24.8 Å². The maximum atomic E-state index is 10.5. The number of hydrazine groups is 2. The van der Waals surface area contributed by atoms with E-state index in [1.165, 1.54) is 0 Å². The van der Waals surface area contributed by atoms with Crippen LogP contribution in [0.1, 0.15) is 30.5 Å². The van der Waals surface area contributed by atoms with Crippen molar-refractivity contribution in [1.82, 2.24) is 15.6 Å². The molecular formula is C26H35ClIN3O5. The van der Waals surface area contributed by atoms with Gasteiger partial charge in [-0.1, -0.05) is 38.1 Å². The molecule has 2 atom stereocenters. The summed E-state index contributed by atoms with van der Waals surface area (Å²) in [6.07, 6.45) is -1.44. The van der Waals surface area contributed by atoms with Crippen LogP contribution < -0.4 is 14.9 Å². The van der Waals surface area contributed by atoms with Gasteiger partial charge in [0.2, 0.25) is 0 Å². The molecule has 2 aromatic rings. The lowest BCUT2D eigenvalue weighted by molar-refractivity contribution is -0.0274. The number of hydrogen-bond acceptors (Lipinski definition) is 8. The van der Waals surface area contributed by atoms with Gasteiger partial charge in [0.05, 0.1) is 24.7 Å². The first kappa shape index (κ1) is 28.8. The minimum absolute atomic E-state index is 0.118. The molecule has 0 unspecified atom stereocenters. The summed E-state index contributed by atoms with van der Waals surface area (Å²) in [5, 5.41) is 33.3. The predicted octanol–water partition coefficient (Wildman–Crippen LogP) is 3.30. The van der Waals surface area contributed by atoms with E-state index >= 15 is 0 Å². The Bertz CT molecular complexity index is 1050. The topological polar surface area (TPSA) is 97.7 Å². The van der Waals surface area contributed by atoms with Crippen LogP contribution in [0.4, 0.5) is 0 Å². The Balaban J connectivity index is 1.60. The standard InChI is InChI=1S/C26H35ClIN3O5/c1-17-11-19(7-10-24(17)36-15-20(33)12-27)26(2,3)18-5-8-22(9-6-18)35-16-21(34)13-31-23(14-32)25(28)29-30(31)4/h5-11,20-21,29,32-34H,12-16H2,1-4H3/t20-,21-/m1/s1. The van der Waals surface area contributed by atoms with Gasteiger partial charge >= 0.3 is 0 Å². The second-order valence-electron chi connectivity index (χ2n) is 9.35. The molecule has 0 aliphatic carbocycles. The number of nitrogens with zero attached hydrogens (tertiary/aromatic N) is 2. The molecule has 198 valence electrons. The fraction of sp³-hybridized carbons (Fsp3) is 0.462. The highest BCUT2D eigenvalue weighted by Gasteiger charge is 2.27. The fourth-order valence-corrected chi connectivity index (χ4v) is 4.84. The van der Waals surface area contributed by atoms with Crippen LogP contribution >= 0.6 is 34.2 Å². The zero-order valence-electron chi connectivity index (χ0n) is 21.0. The van der Waals surface area contributed by atoms with E-state index in [1.54, 1.807) is 10.1 Å². The largest absolute Gasteiger partial charge is 0.491 e. The smallest absolute Gasteiger partial charge is 0.122 e. The van der Waals surface area contributed by atoms with Crippen molar-refractivity contribution in [3.63, 3.8) is 0 Å². The summed E-state index contributed by atoms with van der Waals surface area (Å²) in [4.78, 5) is 0. The highest BCUT2D eigenvalue weighted by Crippen LogP contribution is 2.35. The van der Waals surface area contributed by atoms with Gasteiger partial charge in [0.1, 0.15) is 40.6 Å². The van der Waals surface area contributed by atoms with Gasteiger partial charge in [-0.15, -0.1) is 16.7 Å². The first-order valence-electron chi connectivity index (χ1n) is 11.7. The maximum Gasteiger partial charge on any atom is 0.122 e. The summed E-state index contributed by atoms with van der Waals surface area (Å²) in [7, 11) is 1.82. The van der Waals surface area contributed by atoms with Crippen LogP contribution in [0.15, 0.2) is 51.9 Å². The lowest BCUT2D eigenvalue weighted by atomic mass is 9.77. The van der Waals surface area contributed by atoms with E-state index in [4.69, 9.17) is 21.1 Å². The Morgan fingerprint density at radius 1 is 1.03 bits per heavy atom. The molecule has 4 N–H and O–H groups in total. The number of benzene rings is 2. The number of halogens is 2. The summed E-state index contributed by atoms with van der Waals surface area (Å²) < 4.78 is 12.3. The van der Waals surface area contributed by atoms with Crippen LogP contribution in [0.5, 0.6) is 11.5 Å². The zero-order chi connectivity index (χ0) is 26.5. The molecule has 0 saturated carbocycles. The van der Waals surface area contributed by atoms with Gasteiger partial charge in [0.25, 0.3) is 0 Å². The van der Waals surface area contributed by atoms with Crippen molar-refractivity contribution in [3.8, 4) is 11.5 Å². The van der Waals surface area contributed by atoms with Crippen LogP contribution in [-0.4, -0.2) is 76.9 Å². The van der Waals surface area contributed by atoms with Gasteiger partial charge < -0.3 is 24.8 Å². The van der Waals surface area contributed by atoms with Crippen LogP contribution in [-0.2, 0) is 5.41 Å². The Labute approximate surface area is 231 Å². The molecule has 10 heteroatoms. The fourth-order valence-electron chi connectivity index (χ4n) is 3.95. The van der Waals surface area contributed by atoms with Crippen molar-refractivity contribution in [2.24, 2.45) is 0 Å². The Kier molecular flexibility index (Phi) is 10.1. The molecule has 0 fully saturated rings.